The molecule has 0 aliphatic heterocycles. The van der Waals surface area contributed by atoms with Crippen molar-refractivity contribution in [2.24, 2.45) is 0 Å². The second kappa shape index (κ2) is 8.42. The predicted octanol–water partition coefficient (Wildman–Crippen LogP) is 5.58. The zero-order valence-corrected chi connectivity index (χ0v) is 19.2. The number of fused-ring (bicyclic) bond motifs is 2. The number of ether oxygens (including phenoxy) is 1. The first-order valence-electron chi connectivity index (χ1n) is 8.63. The minimum absolute atomic E-state index is 0.478. The predicted molar refractivity (Wildman–Crippen MR) is 122 cm³/mol. The minimum atomic E-state index is -0.514. The number of hydrogen-bond acceptors (Lipinski definition) is 5. The highest BCUT2D eigenvalue weighted by Gasteiger charge is 2.16. The molecule has 1 amide bonds. The Labute approximate surface area is 183 Å². The molecule has 0 fully saturated rings. The molecule has 8 nitrogen and oxygen atoms in total. The normalized spacial score (nSPS) is 11.2. The summed E-state index contributed by atoms with van der Waals surface area (Å²) in [6, 6.07) is 7.28. The number of rotatable bonds is 1. The van der Waals surface area contributed by atoms with Crippen molar-refractivity contribution in [3.8, 4) is 0 Å². The van der Waals surface area contributed by atoms with Gasteiger partial charge in [0.25, 0.3) is 0 Å². The topological polar surface area (TPSA) is 122 Å². The first-order valence-corrected chi connectivity index (χ1v) is 10.2. The highest BCUT2D eigenvalue weighted by atomic mass is 79.9. The van der Waals surface area contributed by atoms with Crippen molar-refractivity contribution in [2.75, 3.05) is 11.1 Å². The lowest BCUT2D eigenvalue weighted by atomic mass is 10.2. The Hall–Kier alpha value is -2.59. The molecule has 0 unspecified atom stereocenters. The number of nitrogens with two attached hydrogens (primary N) is 1. The summed E-state index contributed by atoms with van der Waals surface area (Å²) in [7, 11) is 0. The molecule has 0 saturated heterocycles. The number of anilines is 2. The SMILES string of the molecule is CC(C)(C)OC(=O)Nc1cc(Br)c2nc[nH]c2c1.Nc1cc(Br)c2nc[nH]c2c1. The maximum Gasteiger partial charge on any atom is 0.412 e. The number of aromatic amines is 2. The molecule has 0 spiro atoms. The molecule has 29 heavy (non-hydrogen) atoms. The molecule has 2 aromatic carbocycles. The Kier molecular flexibility index (Phi) is 6.13. The molecular formula is C19H20Br2N6O2. The van der Waals surface area contributed by atoms with E-state index in [-0.39, 0.29) is 0 Å². The zero-order valence-electron chi connectivity index (χ0n) is 16.0. The van der Waals surface area contributed by atoms with E-state index in [1.807, 2.05) is 32.9 Å². The molecule has 0 radical (unpaired) electrons. The fraction of sp³-hybridized carbons (Fsp3) is 0.211. The van der Waals surface area contributed by atoms with Crippen LogP contribution < -0.4 is 11.1 Å². The molecule has 0 saturated carbocycles. The first-order chi connectivity index (χ1) is 13.6. The number of aromatic nitrogens is 4. The van der Waals surface area contributed by atoms with Crippen LogP contribution in [0.15, 0.2) is 45.9 Å². The Morgan fingerprint density at radius 3 is 2.14 bits per heavy atom. The van der Waals surface area contributed by atoms with Crippen LogP contribution in [0.1, 0.15) is 20.8 Å². The maximum atomic E-state index is 11.6. The van der Waals surface area contributed by atoms with Gasteiger partial charge in [-0.1, -0.05) is 0 Å². The van der Waals surface area contributed by atoms with Crippen molar-refractivity contribution in [1.29, 1.82) is 0 Å². The van der Waals surface area contributed by atoms with Crippen LogP contribution in [-0.2, 0) is 4.74 Å². The standard InChI is InChI=1S/C12H14BrN3O2.C7H6BrN3/c1-12(2,3)18-11(17)16-7-4-8(13)10-9(5-7)14-6-15-10;8-5-1-4(9)2-6-7(5)11-3-10-6/h4-6H,1-3H3,(H,14,15)(H,16,17);1-3H,9H2,(H,10,11). The Morgan fingerprint density at radius 1 is 1.00 bits per heavy atom. The molecule has 10 heteroatoms. The van der Waals surface area contributed by atoms with E-state index in [1.54, 1.807) is 24.8 Å². The average molecular weight is 524 g/mol. The van der Waals surface area contributed by atoms with Gasteiger partial charge < -0.3 is 20.4 Å². The smallest absolute Gasteiger partial charge is 0.412 e. The summed E-state index contributed by atoms with van der Waals surface area (Å²) in [6.45, 7) is 5.46. The minimum Gasteiger partial charge on any atom is -0.444 e. The van der Waals surface area contributed by atoms with Gasteiger partial charge in [-0.15, -0.1) is 0 Å². The molecular weight excluding hydrogens is 504 g/mol. The average Bonchev–Trinajstić information content (AvgIpc) is 3.22. The largest absolute Gasteiger partial charge is 0.444 e. The monoisotopic (exact) mass is 522 g/mol. The van der Waals surface area contributed by atoms with Crippen LogP contribution in [-0.4, -0.2) is 31.6 Å². The third kappa shape index (κ3) is 5.48. The number of carbonyl (C=O) groups excluding carboxylic acids is 1. The Bertz CT molecular complexity index is 1160. The number of hydrogen-bond donors (Lipinski definition) is 4. The molecule has 0 aliphatic carbocycles. The summed E-state index contributed by atoms with van der Waals surface area (Å²) >= 11 is 6.77. The quantitative estimate of drug-likeness (QED) is 0.242. The summed E-state index contributed by atoms with van der Waals surface area (Å²) in [4.78, 5) is 25.9. The second-order valence-corrected chi connectivity index (χ2v) is 8.89. The third-order valence-electron chi connectivity index (χ3n) is 3.62. The maximum absolute atomic E-state index is 11.6. The van der Waals surface area contributed by atoms with Crippen molar-refractivity contribution in [3.05, 3.63) is 45.9 Å². The van der Waals surface area contributed by atoms with Gasteiger partial charge in [-0.3, -0.25) is 5.32 Å². The number of nitrogen functional groups attached to an aromatic ring is 1. The van der Waals surface area contributed by atoms with Crippen LogP contribution in [0.5, 0.6) is 0 Å². The van der Waals surface area contributed by atoms with E-state index in [1.165, 1.54) is 0 Å². The highest BCUT2D eigenvalue weighted by molar-refractivity contribution is 9.11. The lowest BCUT2D eigenvalue weighted by molar-refractivity contribution is 0.0636. The van der Waals surface area contributed by atoms with Gasteiger partial charge in [0.1, 0.15) is 16.6 Å². The Balaban J connectivity index is 0.000000186. The van der Waals surface area contributed by atoms with Gasteiger partial charge in [0.05, 0.1) is 23.7 Å². The van der Waals surface area contributed by atoms with E-state index < -0.39 is 11.7 Å². The van der Waals surface area contributed by atoms with Gasteiger partial charge in [0, 0.05) is 20.3 Å². The van der Waals surface area contributed by atoms with Gasteiger partial charge in [0.15, 0.2) is 0 Å². The summed E-state index contributed by atoms with van der Waals surface area (Å²) in [5.74, 6) is 0. The summed E-state index contributed by atoms with van der Waals surface area (Å²) in [5, 5.41) is 2.68. The fourth-order valence-electron chi connectivity index (χ4n) is 2.53. The number of halogens is 2. The number of imidazole rings is 2. The van der Waals surface area contributed by atoms with Gasteiger partial charge >= 0.3 is 6.09 Å². The molecule has 2 heterocycles. The van der Waals surface area contributed by atoms with Gasteiger partial charge in [-0.05, 0) is 76.9 Å². The van der Waals surface area contributed by atoms with Crippen LogP contribution in [0.2, 0.25) is 0 Å². The molecule has 4 aromatic rings. The molecule has 0 atom stereocenters. The van der Waals surface area contributed by atoms with Crippen molar-refractivity contribution in [3.63, 3.8) is 0 Å². The lowest BCUT2D eigenvalue weighted by Gasteiger charge is -2.19. The molecule has 4 rings (SSSR count). The summed E-state index contributed by atoms with van der Waals surface area (Å²) in [5.41, 5.74) is 10.0. The number of H-pyrrole nitrogens is 2. The Morgan fingerprint density at radius 2 is 1.55 bits per heavy atom. The summed E-state index contributed by atoms with van der Waals surface area (Å²) < 4.78 is 6.92. The van der Waals surface area contributed by atoms with Crippen molar-refractivity contribution >= 4 is 71.4 Å². The van der Waals surface area contributed by atoms with E-state index in [0.29, 0.717) is 5.69 Å². The first kappa shape index (κ1) is 21.1. The second-order valence-electron chi connectivity index (χ2n) is 7.19. The third-order valence-corrected chi connectivity index (χ3v) is 4.83. The molecule has 0 aliphatic rings. The van der Waals surface area contributed by atoms with Crippen LogP contribution in [0.25, 0.3) is 22.1 Å². The number of amides is 1. The van der Waals surface area contributed by atoms with E-state index in [2.05, 4.69) is 57.1 Å². The van der Waals surface area contributed by atoms with E-state index in [9.17, 15) is 4.79 Å². The van der Waals surface area contributed by atoms with Crippen molar-refractivity contribution < 1.29 is 9.53 Å². The van der Waals surface area contributed by atoms with Crippen LogP contribution in [0.3, 0.4) is 0 Å². The van der Waals surface area contributed by atoms with Crippen molar-refractivity contribution in [2.45, 2.75) is 26.4 Å². The van der Waals surface area contributed by atoms with Gasteiger partial charge in [-0.25, -0.2) is 14.8 Å². The van der Waals surface area contributed by atoms with E-state index in [4.69, 9.17) is 10.5 Å². The number of nitrogens with one attached hydrogen (secondary N) is 3. The van der Waals surface area contributed by atoms with Gasteiger partial charge in [-0.2, -0.15) is 0 Å². The van der Waals surface area contributed by atoms with E-state index >= 15 is 0 Å². The van der Waals surface area contributed by atoms with Crippen LogP contribution in [0, 0.1) is 0 Å². The number of carbonyl (C=O) groups is 1. The number of benzene rings is 2. The van der Waals surface area contributed by atoms with Crippen LogP contribution in [0.4, 0.5) is 16.2 Å². The zero-order chi connectivity index (χ0) is 21.2. The molecule has 152 valence electrons. The summed E-state index contributed by atoms with van der Waals surface area (Å²) in [6.07, 6.45) is 2.77. The fourth-order valence-corrected chi connectivity index (χ4v) is 3.67. The molecule has 5 N–H and O–H groups in total. The molecule has 2 aromatic heterocycles. The van der Waals surface area contributed by atoms with Crippen molar-refractivity contribution in [1.82, 2.24) is 19.9 Å². The number of nitrogens with zero attached hydrogens (tertiary/aromatic N) is 2. The van der Waals surface area contributed by atoms with Crippen LogP contribution >= 0.6 is 31.9 Å². The van der Waals surface area contributed by atoms with E-state index in [0.717, 1.165) is 36.7 Å². The highest BCUT2D eigenvalue weighted by Crippen LogP contribution is 2.26. The lowest BCUT2D eigenvalue weighted by Crippen LogP contribution is -2.27. The van der Waals surface area contributed by atoms with Gasteiger partial charge in [0.2, 0.25) is 0 Å². The molecule has 0 bridgehead atoms.